The van der Waals surface area contributed by atoms with Crippen LogP contribution in [0.3, 0.4) is 0 Å². The zero-order valence-electron chi connectivity index (χ0n) is 13.2. The fourth-order valence-electron chi connectivity index (χ4n) is 2.25. The van der Waals surface area contributed by atoms with Crippen LogP contribution in [0.15, 0.2) is 48.8 Å². The highest BCUT2D eigenvalue weighted by Crippen LogP contribution is 2.17. The van der Waals surface area contributed by atoms with Gasteiger partial charge < -0.3 is 5.32 Å². The Morgan fingerprint density at radius 1 is 1.25 bits per heavy atom. The van der Waals surface area contributed by atoms with Gasteiger partial charge in [0.2, 0.25) is 5.13 Å². The molecule has 24 heavy (non-hydrogen) atoms. The van der Waals surface area contributed by atoms with E-state index in [1.807, 2.05) is 49.5 Å². The average Bonchev–Trinajstić information content (AvgIpc) is 3.26. The van der Waals surface area contributed by atoms with Crippen molar-refractivity contribution in [2.75, 3.05) is 5.32 Å². The Balaban J connectivity index is 1.69. The molecule has 2 amide bonds. The van der Waals surface area contributed by atoms with Crippen molar-refractivity contribution in [3.05, 3.63) is 59.4 Å². The molecule has 0 saturated heterocycles. The third-order valence-electron chi connectivity index (χ3n) is 3.43. The van der Waals surface area contributed by atoms with E-state index >= 15 is 0 Å². The smallest absolute Gasteiger partial charge is 0.321 e. The van der Waals surface area contributed by atoms with Crippen LogP contribution in [0.2, 0.25) is 0 Å². The fourth-order valence-corrected chi connectivity index (χ4v) is 2.93. The van der Waals surface area contributed by atoms with Gasteiger partial charge in [-0.2, -0.15) is 5.10 Å². The van der Waals surface area contributed by atoms with E-state index < -0.39 is 0 Å². The van der Waals surface area contributed by atoms with Gasteiger partial charge in [-0.25, -0.2) is 4.79 Å². The summed E-state index contributed by atoms with van der Waals surface area (Å²) in [5.74, 6) is 0. The predicted octanol–water partition coefficient (Wildman–Crippen LogP) is 2.86. The first-order chi connectivity index (χ1) is 11.7. The summed E-state index contributed by atoms with van der Waals surface area (Å²) in [5.41, 5.74) is 1.01. The topological polar surface area (TPSA) is 84.7 Å². The van der Waals surface area contributed by atoms with E-state index in [1.54, 1.807) is 10.9 Å². The Kier molecular flexibility index (Phi) is 5.17. The minimum atomic E-state index is -0.310. The standard InChI is InChI=1S/C16H18N6OS/c1-2-14-20-21-16(24-14)19-15(23)18-13(11-22-10-6-9-17-22)12-7-4-3-5-8-12/h3-10,13H,2,11H2,1H3,(H2,18,19,21,23)/t13-/m1/s1. The maximum Gasteiger partial charge on any atom is 0.321 e. The lowest BCUT2D eigenvalue weighted by atomic mass is 10.1. The number of carbonyl (C=O) groups is 1. The minimum absolute atomic E-state index is 0.204. The molecule has 0 spiro atoms. The molecule has 0 aliphatic rings. The normalized spacial score (nSPS) is 11.9. The average molecular weight is 342 g/mol. The van der Waals surface area contributed by atoms with Crippen LogP contribution in [-0.4, -0.2) is 26.0 Å². The first-order valence-corrected chi connectivity index (χ1v) is 8.48. The highest BCUT2D eigenvalue weighted by atomic mass is 32.1. The minimum Gasteiger partial charge on any atom is -0.329 e. The summed E-state index contributed by atoms with van der Waals surface area (Å²) in [6.45, 7) is 2.54. The Morgan fingerprint density at radius 3 is 2.75 bits per heavy atom. The molecule has 0 aliphatic heterocycles. The number of nitrogens with zero attached hydrogens (tertiary/aromatic N) is 4. The SMILES string of the molecule is CCc1nnc(NC(=O)N[C@H](Cn2cccn2)c2ccccc2)s1. The molecule has 8 heteroatoms. The molecule has 0 bridgehead atoms. The van der Waals surface area contributed by atoms with Gasteiger partial charge in [-0.3, -0.25) is 10.00 Å². The number of aryl methyl sites for hydroxylation is 1. The molecule has 2 N–H and O–H groups in total. The van der Waals surface area contributed by atoms with Crippen LogP contribution in [0, 0.1) is 0 Å². The van der Waals surface area contributed by atoms with Crippen LogP contribution >= 0.6 is 11.3 Å². The van der Waals surface area contributed by atoms with Gasteiger partial charge in [0.1, 0.15) is 5.01 Å². The molecule has 2 heterocycles. The molecule has 1 atom stereocenters. The van der Waals surface area contributed by atoms with Gasteiger partial charge in [-0.15, -0.1) is 10.2 Å². The quantitative estimate of drug-likeness (QED) is 0.721. The summed E-state index contributed by atoms with van der Waals surface area (Å²) in [5, 5.41) is 19.3. The summed E-state index contributed by atoms with van der Waals surface area (Å²) in [7, 11) is 0. The van der Waals surface area contributed by atoms with Crippen LogP contribution in [0.1, 0.15) is 23.5 Å². The van der Waals surface area contributed by atoms with Gasteiger partial charge >= 0.3 is 6.03 Å². The largest absolute Gasteiger partial charge is 0.329 e. The van der Waals surface area contributed by atoms with Gasteiger partial charge in [0.05, 0.1) is 12.6 Å². The summed E-state index contributed by atoms with van der Waals surface area (Å²) in [6.07, 6.45) is 4.39. The van der Waals surface area contributed by atoms with E-state index in [0.717, 1.165) is 17.0 Å². The molecule has 0 aliphatic carbocycles. The van der Waals surface area contributed by atoms with E-state index in [0.29, 0.717) is 11.7 Å². The predicted molar refractivity (Wildman–Crippen MR) is 92.9 cm³/mol. The number of carbonyl (C=O) groups excluding carboxylic acids is 1. The lowest BCUT2D eigenvalue weighted by Gasteiger charge is -2.19. The van der Waals surface area contributed by atoms with E-state index in [1.165, 1.54) is 11.3 Å². The maximum absolute atomic E-state index is 12.3. The van der Waals surface area contributed by atoms with Crippen molar-refractivity contribution in [2.45, 2.75) is 25.9 Å². The lowest BCUT2D eigenvalue weighted by molar-refractivity contribution is 0.246. The highest BCUT2D eigenvalue weighted by Gasteiger charge is 2.16. The Hall–Kier alpha value is -2.74. The maximum atomic E-state index is 12.3. The van der Waals surface area contributed by atoms with Crippen LogP contribution in [0.5, 0.6) is 0 Å². The van der Waals surface area contributed by atoms with Gasteiger partial charge in [0, 0.05) is 12.4 Å². The first-order valence-electron chi connectivity index (χ1n) is 7.67. The van der Waals surface area contributed by atoms with Crippen LogP contribution in [0.25, 0.3) is 0 Å². The summed E-state index contributed by atoms with van der Waals surface area (Å²) in [6, 6.07) is 11.1. The van der Waals surface area contributed by atoms with Crippen molar-refractivity contribution in [1.82, 2.24) is 25.3 Å². The number of urea groups is 1. The highest BCUT2D eigenvalue weighted by molar-refractivity contribution is 7.15. The lowest BCUT2D eigenvalue weighted by Crippen LogP contribution is -2.34. The monoisotopic (exact) mass is 342 g/mol. The van der Waals surface area contributed by atoms with E-state index in [4.69, 9.17) is 0 Å². The molecular weight excluding hydrogens is 324 g/mol. The van der Waals surface area contributed by atoms with E-state index in [2.05, 4.69) is 25.9 Å². The van der Waals surface area contributed by atoms with Crippen molar-refractivity contribution < 1.29 is 4.79 Å². The van der Waals surface area contributed by atoms with Crippen LogP contribution < -0.4 is 10.6 Å². The van der Waals surface area contributed by atoms with Crippen LogP contribution in [0.4, 0.5) is 9.93 Å². The van der Waals surface area contributed by atoms with Crippen molar-refractivity contribution in [1.29, 1.82) is 0 Å². The zero-order chi connectivity index (χ0) is 16.8. The van der Waals surface area contributed by atoms with E-state index in [-0.39, 0.29) is 12.1 Å². The number of hydrogen-bond acceptors (Lipinski definition) is 5. The van der Waals surface area contributed by atoms with Crippen molar-refractivity contribution in [2.24, 2.45) is 0 Å². The van der Waals surface area contributed by atoms with Crippen molar-refractivity contribution >= 4 is 22.5 Å². The second kappa shape index (κ2) is 7.69. The zero-order valence-corrected chi connectivity index (χ0v) is 14.0. The first kappa shape index (κ1) is 16.1. The third kappa shape index (κ3) is 4.17. The Morgan fingerprint density at radius 2 is 2.08 bits per heavy atom. The van der Waals surface area contributed by atoms with Gasteiger partial charge in [0.25, 0.3) is 0 Å². The molecule has 2 aromatic heterocycles. The summed E-state index contributed by atoms with van der Waals surface area (Å²) in [4.78, 5) is 12.3. The number of anilines is 1. The molecule has 3 aromatic rings. The number of aromatic nitrogens is 4. The number of hydrogen-bond donors (Lipinski definition) is 2. The Bertz CT molecular complexity index is 771. The molecular formula is C16H18N6OS. The van der Waals surface area contributed by atoms with Crippen molar-refractivity contribution in [3.63, 3.8) is 0 Å². The molecule has 0 saturated carbocycles. The summed E-state index contributed by atoms with van der Waals surface area (Å²) < 4.78 is 1.79. The van der Waals surface area contributed by atoms with Crippen molar-refractivity contribution in [3.8, 4) is 0 Å². The molecule has 124 valence electrons. The van der Waals surface area contributed by atoms with Crippen LogP contribution in [-0.2, 0) is 13.0 Å². The van der Waals surface area contributed by atoms with Gasteiger partial charge in [0.15, 0.2) is 0 Å². The van der Waals surface area contributed by atoms with Gasteiger partial charge in [-0.1, -0.05) is 48.6 Å². The van der Waals surface area contributed by atoms with Gasteiger partial charge in [-0.05, 0) is 18.1 Å². The molecule has 0 fully saturated rings. The fraction of sp³-hybridized carbons (Fsp3) is 0.250. The number of amides is 2. The second-order valence-corrected chi connectivity index (χ2v) is 6.21. The molecule has 3 rings (SSSR count). The number of rotatable bonds is 6. The second-order valence-electron chi connectivity index (χ2n) is 5.14. The molecule has 0 radical (unpaired) electrons. The number of benzene rings is 1. The Labute approximate surface area is 143 Å². The summed E-state index contributed by atoms with van der Waals surface area (Å²) >= 11 is 1.38. The molecule has 1 aromatic carbocycles. The molecule has 0 unspecified atom stereocenters. The third-order valence-corrected chi connectivity index (χ3v) is 4.41. The number of nitrogens with one attached hydrogen (secondary N) is 2. The van der Waals surface area contributed by atoms with E-state index in [9.17, 15) is 4.79 Å². The molecule has 7 nitrogen and oxygen atoms in total.